The summed E-state index contributed by atoms with van der Waals surface area (Å²) in [4.78, 5) is 7.21. The second-order valence-electron chi connectivity index (χ2n) is 4.03. The van der Waals surface area contributed by atoms with E-state index in [9.17, 15) is 0 Å². The van der Waals surface area contributed by atoms with Gasteiger partial charge in [0.1, 0.15) is 0 Å². The Balaban J connectivity index is 1.97. The number of nitrogens with one attached hydrogen (secondary N) is 2. The summed E-state index contributed by atoms with van der Waals surface area (Å²) in [5, 5.41) is 21.1. The summed E-state index contributed by atoms with van der Waals surface area (Å²) in [7, 11) is 0. The molecule has 1 aromatic carbocycles. The molecule has 1 atom stereocenters. The van der Waals surface area contributed by atoms with Gasteiger partial charge in [0.25, 0.3) is 0 Å². The van der Waals surface area contributed by atoms with Gasteiger partial charge >= 0.3 is 0 Å². The first kappa shape index (κ1) is 12.0. The Morgan fingerprint density at radius 1 is 1.35 bits per heavy atom. The number of imidazole rings is 1. The fourth-order valence-corrected chi connectivity index (χ4v) is 1.77. The van der Waals surface area contributed by atoms with Crippen LogP contribution < -0.4 is 5.32 Å². The van der Waals surface area contributed by atoms with Crippen LogP contribution in [0.1, 0.15) is 12.0 Å². The van der Waals surface area contributed by atoms with Crippen molar-refractivity contribution in [3.8, 4) is 0 Å². The second kappa shape index (κ2) is 5.77. The van der Waals surface area contributed by atoms with E-state index in [0.29, 0.717) is 13.0 Å². The highest BCUT2D eigenvalue weighted by atomic mass is 16.3. The fourth-order valence-electron chi connectivity index (χ4n) is 1.77. The molecule has 1 heterocycles. The van der Waals surface area contributed by atoms with Crippen molar-refractivity contribution in [3.05, 3.63) is 30.1 Å². The van der Waals surface area contributed by atoms with Gasteiger partial charge in [-0.3, -0.25) is 0 Å². The van der Waals surface area contributed by atoms with Gasteiger partial charge in [-0.1, -0.05) is 6.07 Å². The van der Waals surface area contributed by atoms with E-state index in [0.717, 1.165) is 16.6 Å². The Morgan fingerprint density at radius 2 is 2.24 bits per heavy atom. The van der Waals surface area contributed by atoms with Gasteiger partial charge < -0.3 is 20.5 Å². The number of aromatic amines is 1. The third-order valence-electron chi connectivity index (χ3n) is 2.78. The van der Waals surface area contributed by atoms with Crippen LogP contribution in [0.5, 0.6) is 0 Å². The number of aliphatic hydroxyl groups excluding tert-OH is 2. The zero-order valence-corrected chi connectivity index (χ0v) is 9.56. The largest absolute Gasteiger partial charge is 0.396 e. The van der Waals surface area contributed by atoms with E-state index < -0.39 is 0 Å². The summed E-state index contributed by atoms with van der Waals surface area (Å²) >= 11 is 0. The van der Waals surface area contributed by atoms with Crippen molar-refractivity contribution in [2.45, 2.75) is 19.0 Å². The Kier molecular flexibility index (Phi) is 4.08. The third-order valence-corrected chi connectivity index (χ3v) is 2.78. The minimum atomic E-state index is -0.0579. The van der Waals surface area contributed by atoms with Crippen molar-refractivity contribution in [2.24, 2.45) is 0 Å². The molecule has 0 saturated heterocycles. The van der Waals surface area contributed by atoms with E-state index >= 15 is 0 Å². The highest BCUT2D eigenvalue weighted by Gasteiger charge is 2.06. The molecule has 0 aliphatic heterocycles. The third kappa shape index (κ3) is 3.03. The number of hydrogen-bond donors (Lipinski definition) is 4. The molecule has 1 unspecified atom stereocenters. The highest BCUT2D eigenvalue weighted by molar-refractivity contribution is 5.74. The molecular weight excluding hydrogens is 218 g/mol. The standard InChI is InChI=1S/C12H17N3O2/c16-4-3-10(7-17)13-6-9-1-2-11-12(5-9)15-8-14-11/h1-2,5,8,10,13,16-17H,3-4,6-7H2,(H,14,15). The number of nitrogens with zero attached hydrogens (tertiary/aromatic N) is 1. The van der Waals surface area contributed by atoms with Crippen LogP contribution in [0.3, 0.4) is 0 Å². The van der Waals surface area contributed by atoms with Crippen molar-refractivity contribution in [3.63, 3.8) is 0 Å². The van der Waals surface area contributed by atoms with E-state index in [1.807, 2.05) is 18.2 Å². The van der Waals surface area contributed by atoms with Crippen LogP contribution in [0.2, 0.25) is 0 Å². The van der Waals surface area contributed by atoms with E-state index in [1.54, 1.807) is 6.33 Å². The summed E-state index contributed by atoms with van der Waals surface area (Å²) in [6.07, 6.45) is 2.23. The number of benzene rings is 1. The Morgan fingerprint density at radius 3 is 3.00 bits per heavy atom. The average Bonchev–Trinajstić information content (AvgIpc) is 2.81. The number of aliphatic hydroxyl groups is 2. The van der Waals surface area contributed by atoms with Gasteiger partial charge in [-0.05, 0) is 24.1 Å². The molecule has 2 rings (SSSR count). The number of hydrogen-bond acceptors (Lipinski definition) is 4. The minimum Gasteiger partial charge on any atom is -0.396 e. The molecule has 0 radical (unpaired) electrons. The molecule has 2 aromatic rings. The molecular formula is C12H17N3O2. The molecule has 4 N–H and O–H groups in total. The van der Waals surface area contributed by atoms with Crippen molar-refractivity contribution >= 4 is 11.0 Å². The highest BCUT2D eigenvalue weighted by Crippen LogP contribution is 2.11. The van der Waals surface area contributed by atoms with Crippen LogP contribution in [0, 0.1) is 0 Å². The summed E-state index contributed by atoms with van der Waals surface area (Å²) in [6, 6.07) is 5.94. The van der Waals surface area contributed by atoms with Crippen LogP contribution in [0.4, 0.5) is 0 Å². The summed E-state index contributed by atoms with van der Waals surface area (Å²) in [5.74, 6) is 0. The molecule has 0 spiro atoms. The lowest BCUT2D eigenvalue weighted by Crippen LogP contribution is -2.32. The number of rotatable bonds is 6. The second-order valence-corrected chi connectivity index (χ2v) is 4.03. The van der Waals surface area contributed by atoms with Gasteiger partial charge in [-0.2, -0.15) is 0 Å². The zero-order valence-electron chi connectivity index (χ0n) is 9.56. The zero-order chi connectivity index (χ0) is 12.1. The first-order chi connectivity index (χ1) is 8.33. The topological polar surface area (TPSA) is 81.2 Å². The lowest BCUT2D eigenvalue weighted by atomic mass is 10.1. The number of H-pyrrole nitrogens is 1. The molecule has 5 nitrogen and oxygen atoms in total. The SMILES string of the molecule is OCCC(CO)NCc1ccc2nc[nH]c2c1. The molecule has 5 heteroatoms. The predicted molar refractivity (Wildman–Crippen MR) is 65.5 cm³/mol. The molecule has 17 heavy (non-hydrogen) atoms. The predicted octanol–water partition coefficient (Wildman–Crippen LogP) is 0.396. The van der Waals surface area contributed by atoms with Crippen molar-refractivity contribution in [2.75, 3.05) is 13.2 Å². The van der Waals surface area contributed by atoms with Gasteiger partial charge in [0.15, 0.2) is 0 Å². The Hall–Kier alpha value is -1.43. The van der Waals surface area contributed by atoms with Gasteiger partial charge in [0.2, 0.25) is 0 Å². The lowest BCUT2D eigenvalue weighted by Gasteiger charge is -2.14. The van der Waals surface area contributed by atoms with Gasteiger partial charge in [-0.15, -0.1) is 0 Å². The first-order valence-corrected chi connectivity index (χ1v) is 5.70. The van der Waals surface area contributed by atoms with Crippen LogP contribution in [0.25, 0.3) is 11.0 Å². The summed E-state index contributed by atoms with van der Waals surface area (Å²) in [6.45, 7) is 0.783. The van der Waals surface area contributed by atoms with Crippen molar-refractivity contribution in [1.82, 2.24) is 15.3 Å². The average molecular weight is 235 g/mol. The van der Waals surface area contributed by atoms with Crippen molar-refractivity contribution < 1.29 is 10.2 Å². The van der Waals surface area contributed by atoms with Crippen LogP contribution in [0.15, 0.2) is 24.5 Å². The van der Waals surface area contributed by atoms with E-state index in [4.69, 9.17) is 10.2 Å². The van der Waals surface area contributed by atoms with E-state index in [-0.39, 0.29) is 19.3 Å². The molecule has 0 aliphatic rings. The van der Waals surface area contributed by atoms with Crippen LogP contribution >= 0.6 is 0 Å². The van der Waals surface area contributed by atoms with Crippen LogP contribution in [-0.4, -0.2) is 39.4 Å². The molecule has 0 amide bonds. The van der Waals surface area contributed by atoms with E-state index in [1.165, 1.54) is 0 Å². The fraction of sp³-hybridized carbons (Fsp3) is 0.417. The molecule has 1 aromatic heterocycles. The van der Waals surface area contributed by atoms with Gasteiger partial charge in [0, 0.05) is 19.2 Å². The molecule has 0 bridgehead atoms. The summed E-state index contributed by atoms with van der Waals surface area (Å²) < 4.78 is 0. The van der Waals surface area contributed by atoms with Gasteiger partial charge in [-0.25, -0.2) is 4.98 Å². The smallest absolute Gasteiger partial charge is 0.0931 e. The minimum absolute atomic E-state index is 0.0346. The van der Waals surface area contributed by atoms with Gasteiger partial charge in [0.05, 0.1) is 24.0 Å². The molecule has 0 aliphatic carbocycles. The Bertz CT molecular complexity index is 469. The molecule has 92 valence electrons. The maximum Gasteiger partial charge on any atom is 0.0931 e. The molecule has 0 saturated carbocycles. The summed E-state index contributed by atoms with van der Waals surface area (Å²) in [5.41, 5.74) is 3.08. The maximum atomic E-state index is 9.08. The normalized spacial score (nSPS) is 13.1. The Labute approximate surface area is 99.5 Å². The first-order valence-electron chi connectivity index (χ1n) is 5.70. The monoisotopic (exact) mass is 235 g/mol. The number of aromatic nitrogens is 2. The van der Waals surface area contributed by atoms with Crippen molar-refractivity contribution in [1.29, 1.82) is 0 Å². The lowest BCUT2D eigenvalue weighted by molar-refractivity contribution is 0.200. The molecule has 0 fully saturated rings. The quantitative estimate of drug-likeness (QED) is 0.584. The maximum absolute atomic E-state index is 9.08. The number of fused-ring (bicyclic) bond motifs is 1. The van der Waals surface area contributed by atoms with E-state index in [2.05, 4.69) is 15.3 Å². The van der Waals surface area contributed by atoms with Crippen LogP contribution in [-0.2, 0) is 6.54 Å².